The molecule has 0 aliphatic heterocycles. The Morgan fingerprint density at radius 1 is 1.04 bits per heavy atom. The predicted octanol–water partition coefficient (Wildman–Crippen LogP) is 2.83. The van der Waals surface area contributed by atoms with Crippen molar-refractivity contribution in [3.05, 3.63) is 60.2 Å². The Morgan fingerprint density at radius 3 is 2.50 bits per heavy atom. The molecule has 0 heterocycles. The molecule has 24 heavy (non-hydrogen) atoms. The highest BCUT2D eigenvalue weighted by Gasteiger charge is 2.05. The molecule has 0 aromatic heterocycles. The van der Waals surface area contributed by atoms with Crippen molar-refractivity contribution in [1.82, 2.24) is 10.6 Å². The zero-order valence-electron chi connectivity index (χ0n) is 14.5. The summed E-state index contributed by atoms with van der Waals surface area (Å²) >= 11 is 0. The summed E-state index contributed by atoms with van der Waals surface area (Å²) in [6, 6.07) is 17.7. The van der Waals surface area contributed by atoms with Gasteiger partial charge >= 0.3 is 0 Å². The lowest BCUT2D eigenvalue weighted by atomic mass is 10.2. The van der Waals surface area contributed by atoms with Crippen LogP contribution < -0.4 is 20.1 Å². The molecule has 1 unspecified atom stereocenters. The first-order valence-electron chi connectivity index (χ1n) is 8.00. The molecule has 2 aromatic rings. The van der Waals surface area contributed by atoms with E-state index >= 15 is 0 Å². The minimum Gasteiger partial charge on any atom is -0.497 e. The number of ether oxygens (including phenoxy) is 2. The number of para-hydroxylation sites is 1. The van der Waals surface area contributed by atoms with Gasteiger partial charge in [-0.1, -0.05) is 30.3 Å². The fourth-order valence-corrected chi connectivity index (χ4v) is 2.20. The first-order valence-corrected chi connectivity index (χ1v) is 8.00. The standard InChI is InChI=1S/C19H25N3O2/c1-15(24-17-9-5-4-6-10-17)13-21-19(20-2)22-14-16-8-7-11-18(12-16)23-3/h4-12,15H,13-14H2,1-3H3,(H2,20,21,22). The molecule has 2 rings (SSSR count). The van der Waals surface area contributed by atoms with Gasteiger partial charge in [0, 0.05) is 13.6 Å². The molecule has 0 amide bonds. The normalized spacial score (nSPS) is 12.4. The van der Waals surface area contributed by atoms with E-state index in [-0.39, 0.29) is 6.10 Å². The van der Waals surface area contributed by atoms with E-state index in [0.29, 0.717) is 13.1 Å². The van der Waals surface area contributed by atoms with E-state index in [1.807, 2.05) is 61.5 Å². The van der Waals surface area contributed by atoms with Crippen LogP contribution in [-0.2, 0) is 6.54 Å². The van der Waals surface area contributed by atoms with Crippen LogP contribution in [0.5, 0.6) is 11.5 Å². The van der Waals surface area contributed by atoms with Crippen molar-refractivity contribution in [3.63, 3.8) is 0 Å². The summed E-state index contributed by atoms with van der Waals surface area (Å²) in [5.74, 6) is 2.45. The zero-order chi connectivity index (χ0) is 17.2. The van der Waals surface area contributed by atoms with E-state index in [1.165, 1.54) is 0 Å². The van der Waals surface area contributed by atoms with Gasteiger partial charge in [0.15, 0.2) is 5.96 Å². The van der Waals surface area contributed by atoms with Crippen LogP contribution in [-0.4, -0.2) is 32.8 Å². The third-order valence-corrected chi connectivity index (χ3v) is 3.46. The Hall–Kier alpha value is -2.69. The minimum absolute atomic E-state index is 0.0303. The maximum atomic E-state index is 5.84. The third kappa shape index (κ3) is 5.83. The topological polar surface area (TPSA) is 54.9 Å². The smallest absolute Gasteiger partial charge is 0.191 e. The molecule has 0 aliphatic rings. The summed E-state index contributed by atoms with van der Waals surface area (Å²) in [5.41, 5.74) is 1.13. The van der Waals surface area contributed by atoms with Crippen molar-refractivity contribution in [2.24, 2.45) is 4.99 Å². The molecular weight excluding hydrogens is 302 g/mol. The van der Waals surface area contributed by atoms with Gasteiger partial charge in [0.2, 0.25) is 0 Å². The van der Waals surface area contributed by atoms with Gasteiger partial charge in [0.05, 0.1) is 13.7 Å². The van der Waals surface area contributed by atoms with E-state index in [9.17, 15) is 0 Å². The Bertz CT molecular complexity index is 644. The number of methoxy groups -OCH3 is 1. The lowest BCUT2D eigenvalue weighted by Crippen LogP contribution is -2.41. The number of benzene rings is 2. The van der Waals surface area contributed by atoms with Gasteiger partial charge in [-0.15, -0.1) is 0 Å². The van der Waals surface area contributed by atoms with Gasteiger partial charge in [-0.3, -0.25) is 4.99 Å². The van der Waals surface area contributed by atoms with Gasteiger partial charge < -0.3 is 20.1 Å². The number of aliphatic imine (C=N–C) groups is 1. The molecule has 1 atom stereocenters. The fraction of sp³-hybridized carbons (Fsp3) is 0.316. The molecule has 0 radical (unpaired) electrons. The van der Waals surface area contributed by atoms with Crippen LogP contribution in [0.25, 0.3) is 0 Å². The quantitative estimate of drug-likeness (QED) is 0.606. The van der Waals surface area contributed by atoms with E-state index < -0.39 is 0 Å². The number of guanidine groups is 1. The molecule has 5 nitrogen and oxygen atoms in total. The zero-order valence-corrected chi connectivity index (χ0v) is 14.5. The maximum absolute atomic E-state index is 5.84. The molecule has 128 valence electrons. The van der Waals surface area contributed by atoms with Crippen LogP contribution in [0.15, 0.2) is 59.6 Å². The molecule has 0 aliphatic carbocycles. The summed E-state index contributed by atoms with van der Waals surface area (Å²) in [6.07, 6.45) is 0.0303. The van der Waals surface area contributed by atoms with Crippen LogP contribution in [0.2, 0.25) is 0 Å². The van der Waals surface area contributed by atoms with Crippen LogP contribution in [0.3, 0.4) is 0 Å². The molecule has 0 spiro atoms. The first-order chi connectivity index (χ1) is 11.7. The second-order valence-corrected chi connectivity index (χ2v) is 5.40. The Morgan fingerprint density at radius 2 is 1.79 bits per heavy atom. The van der Waals surface area contributed by atoms with Crippen LogP contribution in [0, 0.1) is 0 Å². The van der Waals surface area contributed by atoms with Crippen molar-refractivity contribution >= 4 is 5.96 Å². The molecule has 0 saturated carbocycles. The summed E-state index contributed by atoms with van der Waals surface area (Å²) in [6.45, 7) is 3.35. The van der Waals surface area contributed by atoms with Crippen LogP contribution in [0.4, 0.5) is 0 Å². The summed E-state index contributed by atoms with van der Waals surface area (Å²) in [7, 11) is 3.42. The second-order valence-electron chi connectivity index (χ2n) is 5.40. The van der Waals surface area contributed by atoms with Crippen LogP contribution >= 0.6 is 0 Å². The van der Waals surface area contributed by atoms with Gasteiger partial charge in [-0.25, -0.2) is 0 Å². The molecule has 5 heteroatoms. The lowest BCUT2D eigenvalue weighted by Gasteiger charge is -2.18. The van der Waals surface area contributed by atoms with Gasteiger partial charge in [-0.2, -0.15) is 0 Å². The minimum atomic E-state index is 0.0303. The number of nitrogens with zero attached hydrogens (tertiary/aromatic N) is 1. The average Bonchev–Trinajstić information content (AvgIpc) is 2.63. The third-order valence-electron chi connectivity index (χ3n) is 3.46. The highest BCUT2D eigenvalue weighted by molar-refractivity contribution is 5.79. The first kappa shape index (κ1) is 17.7. The number of nitrogens with one attached hydrogen (secondary N) is 2. The van der Waals surface area contributed by atoms with E-state index in [0.717, 1.165) is 23.0 Å². The van der Waals surface area contributed by atoms with Crippen molar-refractivity contribution < 1.29 is 9.47 Å². The number of hydrogen-bond donors (Lipinski definition) is 2. The van der Waals surface area contributed by atoms with E-state index in [2.05, 4.69) is 15.6 Å². The molecule has 2 aromatic carbocycles. The highest BCUT2D eigenvalue weighted by Crippen LogP contribution is 2.12. The van der Waals surface area contributed by atoms with Gasteiger partial charge in [-0.05, 0) is 36.8 Å². The van der Waals surface area contributed by atoms with Crippen molar-refractivity contribution in [3.8, 4) is 11.5 Å². The van der Waals surface area contributed by atoms with Crippen LogP contribution in [0.1, 0.15) is 12.5 Å². The number of rotatable bonds is 7. The highest BCUT2D eigenvalue weighted by atomic mass is 16.5. The molecule has 0 fully saturated rings. The Kier molecular flexibility index (Phi) is 6.95. The van der Waals surface area contributed by atoms with E-state index in [4.69, 9.17) is 9.47 Å². The van der Waals surface area contributed by atoms with Gasteiger partial charge in [0.25, 0.3) is 0 Å². The second kappa shape index (κ2) is 9.45. The van der Waals surface area contributed by atoms with E-state index in [1.54, 1.807) is 14.2 Å². The Balaban J connectivity index is 1.77. The lowest BCUT2D eigenvalue weighted by molar-refractivity contribution is 0.224. The fourth-order valence-electron chi connectivity index (χ4n) is 2.20. The predicted molar refractivity (Wildman–Crippen MR) is 97.7 cm³/mol. The summed E-state index contributed by atoms with van der Waals surface area (Å²) in [4.78, 5) is 4.23. The Labute approximate surface area is 143 Å². The van der Waals surface area contributed by atoms with Crippen molar-refractivity contribution in [2.75, 3.05) is 20.7 Å². The summed E-state index contributed by atoms with van der Waals surface area (Å²) < 4.78 is 11.1. The molecule has 2 N–H and O–H groups in total. The average molecular weight is 327 g/mol. The molecule has 0 saturated heterocycles. The SMILES string of the molecule is CN=C(NCc1cccc(OC)c1)NCC(C)Oc1ccccc1. The molecular formula is C19H25N3O2. The maximum Gasteiger partial charge on any atom is 0.191 e. The summed E-state index contributed by atoms with van der Waals surface area (Å²) in [5, 5.41) is 6.55. The monoisotopic (exact) mass is 327 g/mol. The largest absolute Gasteiger partial charge is 0.497 e. The van der Waals surface area contributed by atoms with Gasteiger partial charge in [0.1, 0.15) is 17.6 Å². The number of hydrogen-bond acceptors (Lipinski definition) is 3. The van der Waals surface area contributed by atoms with Crippen molar-refractivity contribution in [2.45, 2.75) is 19.6 Å². The molecule has 0 bridgehead atoms. The van der Waals surface area contributed by atoms with Crippen molar-refractivity contribution in [1.29, 1.82) is 0 Å².